The van der Waals surface area contributed by atoms with E-state index in [1.165, 1.54) is 38.8 Å². The van der Waals surface area contributed by atoms with E-state index < -0.39 is 0 Å². The second kappa shape index (κ2) is 7.01. The van der Waals surface area contributed by atoms with E-state index in [2.05, 4.69) is 23.2 Å². The van der Waals surface area contributed by atoms with Gasteiger partial charge in [-0.1, -0.05) is 30.5 Å². The van der Waals surface area contributed by atoms with E-state index in [1.54, 1.807) is 0 Å². The lowest BCUT2D eigenvalue weighted by Gasteiger charge is -2.20. The van der Waals surface area contributed by atoms with Crippen LogP contribution in [-0.4, -0.2) is 31.1 Å². The van der Waals surface area contributed by atoms with Crippen LogP contribution in [0.5, 0.6) is 0 Å². The summed E-state index contributed by atoms with van der Waals surface area (Å²) in [6.07, 6.45) is 5.51. The van der Waals surface area contributed by atoms with Crippen molar-refractivity contribution in [3.05, 3.63) is 28.8 Å². The van der Waals surface area contributed by atoms with E-state index in [9.17, 15) is 0 Å². The molecule has 1 heterocycles. The summed E-state index contributed by atoms with van der Waals surface area (Å²) in [6, 6.07) is 6.05. The van der Waals surface area contributed by atoms with Gasteiger partial charge in [0.25, 0.3) is 0 Å². The third kappa shape index (κ3) is 3.89. The number of nitrogens with zero attached hydrogens (tertiary/aromatic N) is 1. The van der Waals surface area contributed by atoms with E-state index in [0.29, 0.717) is 0 Å². The molecule has 0 bridgehead atoms. The fourth-order valence-electron chi connectivity index (χ4n) is 2.51. The van der Waals surface area contributed by atoms with Crippen LogP contribution in [0.25, 0.3) is 0 Å². The number of hydrogen-bond donors (Lipinski definition) is 1. The Morgan fingerprint density at radius 2 is 1.89 bits per heavy atom. The van der Waals surface area contributed by atoms with Crippen molar-refractivity contribution in [3.8, 4) is 0 Å². The Labute approximate surface area is 115 Å². The topological polar surface area (TPSA) is 15.3 Å². The molecule has 0 spiro atoms. The molecule has 1 saturated heterocycles. The van der Waals surface area contributed by atoms with Crippen molar-refractivity contribution < 1.29 is 0 Å². The number of benzene rings is 1. The van der Waals surface area contributed by atoms with E-state index in [0.717, 1.165) is 29.4 Å². The lowest BCUT2D eigenvalue weighted by atomic mass is 10.2. The smallest absolute Gasteiger partial charge is 0.0455 e. The summed E-state index contributed by atoms with van der Waals surface area (Å²) in [5.41, 5.74) is 2.31. The Bertz CT molecular complexity index is 371. The maximum atomic E-state index is 6.11. The van der Waals surface area contributed by atoms with Crippen LogP contribution in [-0.2, 0) is 0 Å². The molecule has 0 aromatic heterocycles. The van der Waals surface area contributed by atoms with E-state index in [1.807, 2.05) is 12.1 Å². The average molecular weight is 267 g/mol. The van der Waals surface area contributed by atoms with Crippen molar-refractivity contribution in [3.63, 3.8) is 0 Å². The zero-order valence-electron chi connectivity index (χ0n) is 11.2. The van der Waals surface area contributed by atoms with Crippen molar-refractivity contribution in [1.82, 2.24) is 4.90 Å². The van der Waals surface area contributed by atoms with Crippen molar-refractivity contribution in [2.75, 3.05) is 31.5 Å². The quantitative estimate of drug-likeness (QED) is 0.888. The first kappa shape index (κ1) is 13.7. The number of anilines is 1. The molecule has 1 N–H and O–H groups in total. The minimum absolute atomic E-state index is 0.842. The Morgan fingerprint density at radius 3 is 2.61 bits per heavy atom. The summed E-state index contributed by atoms with van der Waals surface area (Å²) >= 11 is 6.11. The minimum atomic E-state index is 0.842. The predicted molar refractivity (Wildman–Crippen MR) is 79.6 cm³/mol. The van der Waals surface area contributed by atoms with Crippen LogP contribution in [0, 0.1) is 6.92 Å². The summed E-state index contributed by atoms with van der Waals surface area (Å²) in [4.78, 5) is 2.57. The highest BCUT2D eigenvalue weighted by Crippen LogP contribution is 2.22. The lowest BCUT2D eigenvalue weighted by molar-refractivity contribution is 0.296. The number of halogens is 1. The van der Waals surface area contributed by atoms with Gasteiger partial charge < -0.3 is 10.2 Å². The zero-order chi connectivity index (χ0) is 12.8. The maximum absolute atomic E-state index is 6.11. The summed E-state index contributed by atoms with van der Waals surface area (Å²) < 4.78 is 0. The normalized spacial score (nSPS) is 17.4. The maximum Gasteiger partial charge on any atom is 0.0455 e. The Balaban J connectivity index is 1.79. The molecule has 1 aromatic carbocycles. The van der Waals surface area contributed by atoms with Gasteiger partial charge in [0, 0.05) is 23.8 Å². The molecule has 0 saturated carbocycles. The van der Waals surface area contributed by atoms with Crippen LogP contribution < -0.4 is 5.32 Å². The summed E-state index contributed by atoms with van der Waals surface area (Å²) in [7, 11) is 0. The average Bonchev–Trinajstić information content (AvgIpc) is 2.63. The van der Waals surface area contributed by atoms with Gasteiger partial charge in [0.15, 0.2) is 0 Å². The molecule has 0 aliphatic carbocycles. The van der Waals surface area contributed by atoms with Crippen LogP contribution in [0.3, 0.4) is 0 Å². The largest absolute Gasteiger partial charge is 0.384 e. The number of nitrogens with one attached hydrogen (secondary N) is 1. The van der Waals surface area contributed by atoms with Gasteiger partial charge in [-0.2, -0.15) is 0 Å². The first-order chi connectivity index (χ1) is 8.77. The number of rotatable bonds is 4. The Hall–Kier alpha value is -0.730. The third-order valence-corrected chi connectivity index (χ3v) is 4.12. The molecule has 3 heteroatoms. The van der Waals surface area contributed by atoms with Crippen LogP contribution in [0.2, 0.25) is 5.02 Å². The highest BCUT2D eigenvalue weighted by Gasteiger charge is 2.08. The van der Waals surface area contributed by atoms with Crippen molar-refractivity contribution in [1.29, 1.82) is 0 Å². The molecule has 2 rings (SSSR count). The lowest BCUT2D eigenvalue weighted by Crippen LogP contribution is -2.30. The predicted octanol–water partition coefficient (Wildman–Crippen LogP) is 3.94. The number of likely N-dealkylation sites (tertiary alicyclic amines) is 1. The van der Waals surface area contributed by atoms with Crippen molar-refractivity contribution in [2.24, 2.45) is 0 Å². The molecule has 1 aliphatic heterocycles. The monoisotopic (exact) mass is 266 g/mol. The van der Waals surface area contributed by atoms with Crippen LogP contribution in [0.1, 0.15) is 31.2 Å². The molecular weight excluding hydrogens is 244 g/mol. The molecule has 1 fully saturated rings. The molecule has 2 nitrogen and oxygen atoms in total. The van der Waals surface area contributed by atoms with Crippen LogP contribution in [0.4, 0.5) is 5.69 Å². The minimum Gasteiger partial charge on any atom is -0.384 e. The van der Waals surface area contributed by atoms with Gasteiger partial charge in [-0.3, -0.25) is 0 Å². The Morgan fingerprint density at radius 1 is 1.17 bits per heavy atom. The molecule has 0 atom stereocenters. The van der Waals surface area contributed by atoms with Gasteiger partial charge in [-0.15, -0.1) is 0 Å². The molecule has 0 unspecified atom stereocenters. The van der Waals surface area contributed by atoms with Crippen molar-refractivity contribution in [2.45, 2.75) is 32.6 Å². The SMILES string of the molecule is Cc1c(Cl)cccc1NCCN1CCCCCC1. The van der Waals surface area contributed by atoms with Gasteiger partial charge in [-0.25, -0.2) is 0 Å². The first-order valence-electron chi connectivity index (χ1n) is 6.99. The molecule has 100 valence electrons. The van der Waals surface area contributed by atoms with Gasteiger partial charge in [0.2, 0.25) is 0 Å². The second-order valence-electron chi connectivity index (χ2n) is 5.10. The summed E-state index contributed by atoms with van der Waals surface area (Å²) in [5, 5.41) is 4.34. The van der Waals surface area contributed by atoms with Gasteiger partial charge in [-0.05, 0) is 50.6 Å². The standard InChI is InChI=1S/C15H23ClN2/c1-13-14(16)7-6-8-15(13)17-9-12-18-10-4-2-3-5-11-18/h6-8,17H,2-5,9-12H2,1H3. The van der Waals surface area contributed by atoms with Gasteiger partial charge >= 0.3 is 0 Å². The second-order valence-corrected chi connectivity index (χ2v) is 5.50. The third-order valence-electron chi connectivity index (χ3n) is 3.71. The summed E-state index contributed by atoms with van der Waals surface area (Å²) in [6.45, 7) is 6.72. The van der Waals surface area contributed by atoms with E-state index in [-0.39, 0.29) is 0 Å². The van der Waals surface area contributed by atoms with Crippen LogP contribution >= 0.6 is 11.6 Å². The fraction of sp³-hybridized carbons (Fsp3) is 0.600. The van der Waals surface area contributed by atoms with E-state index in [4.69, 9.17) is 11.6 Å². The molecule has 0 amide bonds. The van der Waals surface area contributed by atoms with Crippen molar-refractivity contribution >= 4 is 17.3 Å². The summed E-state index contributed by atoms with van der Waals surface area (Å²) in [5.74, 6) is 0. The van der Waals surface area contributed by atoms with Crippen LogP contribution in [0.15, 0.2) is 18.2 Å². The highest BCUT2D eigenvalue weighted by atomic mass is 35.5. The fourth-order valence-corrected chi connectivity index (χ4v) is 2.68. The highest BCUT2D eigenvalue weighted by molar-refractivity contribution is 6.31. The van der Waals surface area contributed by atoms with Gasteiger partial charge in [0.05, 0.1) is 0 Å². The van der Waals surface area contributed by atoms with E-state index >= 15 is 0 Å². The molecule has 18 heavy (non-hydrogen) atoms. The number of hydrogen-bond acceptors (Lipinski definition) is 2. The molecule has 0 radical (unpaired) electrons. The molecule has 1 aromatic rings. The first-order valence-corrected chi connectivity index (χ1v) is 7.36. The molecular formula is C15H23ClN2. The molecule has 1 aliphatic rings. The Kier molecular flexibility index (Phi) is 5.33. The van der Waals surface area contributed by atoms with Gasteiger partial charge in [0.1, 0.15) is 0 Å². The zero-order valence-corrected chi connectivity index (χ0v) is 12.0.